The van der Waals surface area contributed by atoms with Crippen LogP contribution < -0.4 is 12.4 Å². The molecule has 0 saturated carbocycles. The minimum atomic E-state index is 0. The lowest BCUT2D eigenvalue weighted by Gasteiger charge is -2.16. The van der Waals surface area contributed by atoms with Crippen molar-refractivity contribution < 1.29 is 21.7 Å². The van der Waals surface area contributed by atoms with Gasteiger partial charge in [-0.3, -0.25) is 14.4 Å². The van der Waals surface area contributed by atoms with Crippen LogP contribution in [0.1, 0.15) is 28.2 Å². The number of nitrogens with zero attached hydrogens (tertiary/aromatic N) is 3. The second-order valence-corrected chi connectivity index (χ2v) is 4.57. The Morgan fingerprint density at radius 1 is 0.950 bits per heavy atom. The number of ether oxygens (including phenoxy) is 1. The van der Waals surface area contributed by atoms with Gasteiger partial charge in [0, 0.05) is 19.1 Å². The van der Waals surface area contributed by atoms with Gasteiger partial charge in [0.15, 0.2) is 0 Å². The first-order chi connectivity index (χ1) is 8.29. The van der Waals surface area contributed by atoms with E-state index in [1.165, 1.54) is 5.96 Å². The first-order valence-corrected chi connectivity index (χ1v) is 6.85. The van der Waals surface area contributed by atoms with Gasteiger partial charge in [0.2, 0.25) is 0 Å². The van der Waals surface area contributed by atoms with E-state index in [9.17, 15) is 0 Å². The van der Waals surface area contributed by atoms with Crippen LogP contribution in [0.3, 0.4) is 0 Å². The van der Waals surface area contributed by atoms with Crippen LogP contribution in [0.4, 0.5) is 0 Å². The van der Waals surface area contributed by atoms with Gasteiger partial charge in [-0.25, -0.2) is 0 Å². The van der Waals surface area contributed by atoms with E-state index in [2.05, 4.69) is 14.4 Å². The Bertz CT molecular complexity index is 183. The van der Waals surface area contributed by atoms with Crippen LogP contribution in [0.2, 0.25) is 0 Å². The van der Waals surface area contributed by atoms with Gasteiger partial charge in [-0.15, -0.1) is 11.6 Å². The predicted molar refractivity (Wildman–Crippen MR) is 89.8 cm³/mol. The third kappa shape index (κ3) is 26.4. The molecule has 0 rings (SSSR count). The van der Waals surface area contributed by atoms with Gasteiger partial charge < -0.3 is 17.1 Å². The highest BCUT2D eigenvalue weighted by molar-refractivity contribution is 6.17. The molecule has 128 valence electrons. The molecule has 20 heavy (non-hydrogen) atoms. The van der Waals surface area contributed by atoms with Gasteiger partial charge in [0.1, 0.15) is 0 Å². The van der Waals surface area contributed by atoms with Crippen molar-refractivity contribution in [2.45, 2.75) is 28.2 Å². The molecule has 0 bridgehead atoms. The van der Waals surface area contributed by atoms with Gasteiger partial charge in [-0.2, -0.15) is 0 Å². The lowest BCUT2D eigenvalue weighted by Crippen LogP contribution is -3.00. The fraction of sp³-hybridized carbons (Fsp3) is 0.929. The number of guanidine groups is 1. The Hall–Kier alpha value is -0.190. The quantitative estimate of drug-likeness (QED) is 0.298. The summed E-state index contributed by atoms with van der Waals surface area (Å²) in [4.78, 5) is 4.17. The molecule has 0 heterocycles. The standard InChI is InChI=1S/C7H18N3.C4H10O.C2H5Cl.CH4.ClH/c1-8(2)7(9(3)4)10(5)6;1-3-5-4-2;1-2-3;;/h1-6H3;3-4H2,1-2H3;2H2,1H3;1H4;1H/q+1;;;;/p-1. The lowest BCUT2D eigenvalue weighted by atomic mass is 10.7. The Balaban J connectivity index is -0.0000000642. The highest BCUT2D eigenvalue weighted by atomic mass is 35.5. The molecular formula is C14H37Cl2N3O. The van der Waals surface area contributed by atoms with Crippen LogP contribution >= 0.6 is 11.6 Å². The smallest absolute Gasteiger partial charge is 0.349 e. The summed E-state index contributed by atoms with van der Waals surface area (Å²) in [5.74, 6) is 1.92. The number of alkyl halides is 1. The fourth-order valence-corrected chi connectivity index (χ4v) is 1.40. The number of rotatable bonds is 2. The third-order valence-electron chi connectivity index (χ3n) is 1.61. The van der Waals surface area contributed by atoms with Gasteiger partial charge in [0.05, 0.1) is 42.3 Å². The molecule has 0 aromatic carbocycles. The first-order valence-electron chi connectivity index (χ1n) is 6.32. The van der Waals surface area contributed by atoms with Gasteiger partial charge in [-0.05, 0) is 13.8 Å². The highest BCUT2D eigenvalue weighted by Gasteiger charge is 2.12. The molecule has 4 nitrogen and oxygen atoms in total. The zero-order valence-electron chi connectivity index (χ0n) is 14.1. The van der Waals surface area contributed by atoms with Crippen LogP contribution in [-0.2, 0) is 4.74 Å². The van der Waals surface area contributed by atoms with Gasteiger partial charge in [0.25, 0.3) is 0 Å². The normalized spacial score (nSPS) is 7.50. The summed E-state index contributed by atoms with van der Waals surface area (Å²) in [5.41, 5.74) is 0. The second kappa shape index (κ2) is 23.9. The molecule has 0 aliphatic rings. The molecule has 0 aliphatic carbocycles. The molecule has 0 radical (unpaired) electrons. The average molecular weight is 334 g/mol. The molecule has 0 unspecified atom stereocenters. The Morgan fingerprint density at radius 2 is 1.20 bits per heavy atom. The Labute approximate surface area is 139 Å². The SMILES string of the molecule is C.CCCl.CCOCC.CN(C)C(N(C)C)=[N+](C)C.[Cl-]. The largest absolute Gasteiger partial charge is 1.00 e. The molecule has 0 atom stereocenters. The van der Waals surface area contributed by atoms with Crippen molar-refractivity contribution in [2.75, 3.05) is 61.4 Å². The highest BCUT2D eigenvalue weighted by Crippen LogP contribution is 1.84. The van der Waals surface area contributed by atoms with Crippen LogP contribution in [0.25, 0.3) is 0 Å². The molecule has 6 heteroatoms. The van der Waals surface area contributed by atoms with Crippen molar-refractivity contribution in [1.82, 2.24) is 9.80 Å². The van der Waals surface area contributed by atoms with Crippen molar-refractivity contribution >= 4 is 17.6 Å². The van der Waals surface area contributed by atoms with E-state index in [1.807, 2.05) is 63.1 Å². The van der Waals surface area contributed by atoms with Crippen molar-refractivity contribution in [3.63, 3.8) is 0 Å². The fourth-order valence-electron chi connectivity index (χ4n) is 1.40. The summed E-state index contributed by atoms with van der Waals surface area (Å²) >= 11 is 5.00. The minimum Gasteiger partial charge on any atom is -1.00 e. The maximum Gasteiger partial charge on any atom is 0.349 e. The summed E-state index contributed by atoms with van der Waals surface area (Å²) in [5, 5.41) is 0. The molecule has 0 aromatic heterocycles. The lowest BCUT2D eigenvalue weighted by molar-refractivity contribution is -0.475. The van der Waals surface area contributed by atoms with Gasteiger partial charge in [-0.1, -0.05) is 14.4 Å². The van der Waals surface area contributed by atoms with E-state index in [0.717, 1.165) is 19.1 Å². The molecule has 0 saturated heterocycles. The summed E-state index contributed by atoms with van der Waals surface area (Å²) in [6.45, 7) is 7.56. The van der Waals surface area contributed by atoms with Crippen molar-refractivity contribution in [1.29, 1.82) is 0 Å². The minimum absolute atomic E-state index is 0. The number of hydrogen-bond donors (Lipinski definition) is 0. The maximum absolute atomic E-state index is 5.00. The molecule has 0 N–H and O–H groups in total. The van der Waals surface area contributed by atoms with Crippen LogP contribution in [0, 0.1) is 0 Å². The summed E-state index contributed by atoms with van der Waals surface area (Å²) in [6.07, 6.45) is 0. The van der Waals surface area contributed by atoms with Crippen molar-refractivity contribution in [3.8, 4) is 0 Å². The molecule has 0 aliphatic heterocycles. The second-order valence-electron chi connectivity index (χ2n) is 4.03. The maximum atomic E-state index is 5.00. The Morgan fingerprint density at radius 3 is 1.20 bits per heavy atom. The van der Waals surface area contributed by atoms with Crippen molar-refractivity contribution in [3.05, 3.63) is 0 Å². The van der Waals surface area contributed by atoms with Crippen LogP contribution in [-0.4, -0.2) is 81.7 Å². The molecule has 0 spiro atoms. The number of halogens is 2. The van der Waals surface area contributed by atoms with E-state index in [1.54, 1.807) is 0 Å². The zero-order chi connectivity index (χ0) is 15.1. The Kier molecular flexibility index (Phi) is 38.1. The summed E-state index contributed by atoms with van der Waals surface area (Å²) in [6, 6.07) is 0. The number of hydrogen-bond acceptors (Lipinski definition) is 1. The van der Waals surface area contributed by atoms with E-state index >= 15 is 0 Å². The summed E-state index contributed by atoms with van der Waals surface area (Å²) in [7, 11) is 12.2. The van der Waals surface area contributed by atoms with E-state index in [-0.39, 0.29) is 19.8 Å². The van der Waals surface area contributed by atoms with E-state index in [0.29, 0.717) is 0 Å². The topological polar surface area (TPSA) is 18.7 Å². The monoisotopic (exact) mass is 333 g/mol. The third-order valence-corrected chi connectivity index (χ3v) is 1.61. The van der Waals surface area contributed by atoms with Gasteiger partial charge >= 0.3 is 5.96 Å². The molecule has 0 fully saturated rings. The van der Waals surface area contributed by atoms with Crippen LogP contribution in [0.15, 0.2) is 0 Å². The molecule has 0 amide bonds. The van der Waals surface area contributed by atoms with E-state index in [4.69, 9.17) is 16.3 Å². The van der Waals surface area contributed by atoms with Crippen molar-refractivity contribution in [2.24, 2.45) is 0 Å². The zero-order valence-corrected chi connectivity index (χ0v) is 15.6. The van der Waals surface area contributed by atoms with Crippen LogP contribution in [0.5, 0.6) is 0 Å². The first kappa shape index (κ1) is 32.0. The van der Waals surface area contributed by atoms with E-state index < -0.39 is 0 Å². The summed E-state index contributed by atoms with van der Waals surface area (Å²) < 4.78 is 6.92. The molecule has 0 aromatic rings. The average Bonchev–Trinajstić information content (AvgIpc) is 2.18. The molecular weight excluding hydrogens is 297 g/mol. The predicted octanol–water partition coefficient (Wildman–Crippen LogP) is -0.334.